The molecular weight excluding hydrogens is 328 g/mol. The molecule has 0 aromatic heterocycles. The van der Waals surface area contributed by atoms with Crippen LogP contribution in [0, 0.1) is 0 Å². The third-order valence-electron chi connectivity index (χ3n) is 2.68. The number of hydrogen-bond donors (Lipinski definition) is 2. The van der Waals surface area contributed by atoms with E-state index in [9.17, 15) is 0 Å². The van der Waals surface area contributed by atoms with E-state index in [1.165, 1.54) is 0 Å². The first-order valence-electron chi connectivity index (χ1n) is 6.90. The minimum absolute atomic E-state index is 0.666. The van der Waals surface area contributed by atoms with Crippen molar-refractivity contribution in [2.24, 2.45) is 9.98 Å². The molecule has 0 radical (unpaired) electrons. The highest BCUT2D eigenvalue weighted by Crippen LogP contribution is 2.20. The molecule has 0 atom stereocenters. The van der Waals surface area contributed by atoms with Crippen molar-refractivity contribution in [3.63, 3.8) is 0 Å². The zero-order valence-corrected chi connectivity index (χ0v) is 14.5. The van der Waals surface area contributed by atoms with Crippen molar-refractivity contribution in [2.45, 2.75) is 0 Å². The molecule has 23 heavy (non-hydrogen) atoms. The molecule has 0 heterocycles. The average molecular weight is 346 g/mol. The van der Waals surface area contributed by atoms with Gasteiger partial charge in [-0.05, 0) is 24.3 Å². The summed E-state index contributed by atoms with van der Waals surface area (Å²) in [6, 6.07) is 19.6. The van der Waals surface area contributed by atoms with Gasteiger partial charge in [0.05, 0.1) is 24.1 Å². The van der Waals surface area contributed by atoms with Gasteiger partial charge in [-0.1, -0.05) is 36.4 Å². The second kappa shape index (κ2) is 9.94. The lowest BCUT2D eigenvalue weighted by Gasteiger charge is -2.09. The molecule has 0 aliphatic heterocycles. The van der Waals surface area contributed by atoms with E-state index in [0.717, 1.165) is 35.5 Å². The molecule has 0 aliphatic carbocycles. The van der Waals surface area contributed by atoms with Crippen molar-refractivity contribution < 1.29 is 3.63 Å². The zero-order chi connectivity index (χ0) is 16.3. The summed E-state index contributed by atoms with van der Waals surface area (Å²) in [6.45, 7) is 0. The minimum atomic E-state index is 0.666. The SMILES string of the molecule is CN=C(Nc1ccccc1)SOSC(=NC)Nc1ccccc1. The summed E-state index contributed by atoms with van der Waals surface area (Å²) >= 11 is 2.30. The van der Waals surface area contributed by atoms with E-state index < -0.39 is 0 Å². The predicted octanol–water partition coefficient (Wildman–Crippen LogP) is 4.50. The van der Waals surface area contributed by atoms with Crippen LogP contribution in [0.1, 0.15) is 0 Å². The van der Waals surface area contributed by atoms with Gasteiger partial charge in [-0.25, -0.2) is 3.63 Å². The molecule has 2 aromatic rings. The summed E-state index contributed by atoms with van der Waals surface area (Å²) in [5, 5.41) is 7.70. The monoisotopic (exact) mass is 346 g/mol. The normalized spacial score (nSPS) is 12.1. The molecule has 2 rings (SSSR count). The highest BCUT2D eigenvalue weighted by Gasteiger charge is 2.06. The fraction of sp³-hybridized carbons (Fsp3) is 0.125. The zero-order valence-electron chi connectivity index (χ0n) is 12.9. The smallest absolute Gasteiger partial charge is 0.189 e. The predicted molar refractivity (Wildman–Crippen MR) is 103 cm³/mol. The maximum atomic E-state index is 5.53. The Labute approximate surface area is 145 Å². The van der Waals surface area contributed by atoms with Crippen LogP contribution in [0.5, 0.6) is 0 Å². The van der Waals surface area contributed by atoms with E-state index in [1.54, 1.807) is 14.1 Å². The van der Waals surface area contributed by atoms with Gasteiger partial charge < -0.3 is 10.6 Å². The van der Waals surface area contributed by atoms with Crippen molar-refractivity contribution in [1.82, 2.24) is 0 Å². The number of rotatable bonds is 4. The standard InChI is InChI=1S/C16H18N4OS2/c1-17-15(19-13-9-5-3-6-10-13)22-21-23-16(18-2)20-14-11-7-4-8-12-14/h3-12H,1-2H3,(H,17,19)(H,18,20). The molecule has 0 unspecified atom stereocenters. The topological polar surface area (TPSA) is 58.0 Å². The third kappa shape index (κ3) is 6.35. The number of amidine groups is 2. The van der Waals surface area contributed by atoms with Crippen molar-refractivity contribution in [1.29, 1.82) is 0 Å². The second-order valence-electron chi connectivity index (χ2n) is 4.27. The molecule has 0 fully saturated rings. The van der Waals surface area contributed by atoms with Crippen molar-refractivity contribution in [3.05, 3.63) is 60.7 Å². The Bertz CT molecular complexity index is 590. The summed E-state index contributed by atoms with van der Waals surface area (Å²) in [6.07, 6.45) is 0. The molecule has 7 heteroatoms. The van der Waals surface area contributed by atoms with Crippen LogP contribution in [0.2, 0.25) is 0 Å². The van der Waals surface area contributed by atoms with Gasteiger partial charge in [-0.2, -0.15) is 0 Å². The minimum Gasteiger partial charge on any atom is -0.333 e. The molecule has 5 nitrogen and oxygen atoms in total. The number of hydrogen-bond acceptors (Lipinski definition) is 5. The number of para-hydroxylation sites is 2. The summed E-state index contributed by atoms with van der Waals surface area (Å²) in [5.41, 5.74) is 1.92. The van der Waals surface area contributed by atoms with Crippen LogP contribution in [-0.4, -0.2) is 24.4 Å². The molecule has 0 spiro atoms. The molecule has 0 saturated heterocycles. The van der Waals surface area contributed by atoms with Gasteiger partial charge in [0.15, 0.2) is 10.3 Å². The lowest BCUT2D eigenvalue weighted by Crippen LogP contribution is -2.10. The number of anilines is 2. The first-order valence-corrected chi connectivity index (χ1v) is 8.39. The highest BCUT2D eigenvalue weighted by atomic mass is 32.2. The van der Waals surface area contributed by atoms with Crippen molar-refractivity contribution in [2.75, 3.05) is 24.7 Å². The molecule has 0 amide bonds. The van der Waals surface area contributed by atoms with E-state index in [1.807, 2.05) is 60.7 Å². The van der Waals surface area contributed by atoms with Gasteiger partial charge in [-0.15, -0.1) is 0 Å². The largest absolute Gasteiger partial charge is 0.333 e. The van der Waals surface area contributed by atoms with Gasteiger partial charge in [-0.3, -0.25) is 9.98 Å². The van der Waals surface area contributed by atoms with Gasteiger partial charge in [0, 0.05) is 25.5 Å². The van der Waals surface area contributed by atoms with Crippen LogP contribution in [-0.2, 0) is 3.63 Å². The lowest BCUT2D eigenvalue weighted by molar-refractivity contribution is 0.778. The van der Waals surface area contributed by atoms with Crippen molar-refractivity contribution >= 4 is 45.8 Å². The van der Waals surface area contributed by atoms with Crippen LogP contribution in [0.25, 0.3) is 0 Å². The van der Waals surface area contributed by atoms with Gasteiger partial charge >= 0.3 is 0 Å². The molecule has 2 N–H and O–H groups in total. The second-order valence-corrected chi connectivity index (χ2v) is 5.93. The van der Waals surface area contributed by atoms with Crippen LogP contribution < -0.4 is 10.6 Å². The van der Waals surface area contributed by atoms with Gasteiger partial charge in [0.1, 0.15) is 0 Å². The molecule has 0 bridgehead atoms. The maximum absolute atomic E-state index is 5.53. The van der Waals surface area contributed by atoms with Crippen molar-refractivity contribution in [3.8, 4) is 0 Å². The first-order chi connectivity index (χ1) is 11.3. The Morgan fingerprint density at radius 1 is 0.739 bits per heavy atom. The van der Waals surface area contributed by atoms with Crippen LogP contribution in [0.3, 0.4) is 0 Å². The molecule has 0 saturated carbocycles. The van der Waals surface area contributed by atoms with E-state index in [-0.39, 0.29) is 0 Å². The average Bonchev–Trinajstić information content (AvgIpc) is 2.61. The number of nitrogens with zero attached hydrogens (tertiary/aromatic N) is 2. The first kappa shape index (κ1) is 17.4. The molecule has 0 aliphatic rings. The van der Waals surface area contributed by atoms with E-state index >= 15 is 0 Å². The third-order valence-corrected chi connectivity index (χ3v) is 4.11. The number of aliphatic imine (C=N–C) groups is 2. The van der Waals surface area contributed by atoms with Crippen LogP contribution in [0.15, 0.2) is 70.6 Å². The van der Waals surface area contributed by atoms with Gasteiger partial charge in [0.25, 0.3) is 0 Å². The molecular formula is C16H18N4OS2. The van der Waals surface area contributed by atoms with E-state index in [0.29, 0.717) is 10.3 Å². The molecule has 2 aromatic carbocycles. The Balaban J connectivity index is 1.80. The summed E-state index contributed by atoms with van der Waals surface area (Å²) < 4.78 is 5.53. The summed E-state index contributed by atoms with van der Waals surface area (Å²) in [4.78, 5) is 8.32. The summed E-state index contributed by atoms with van der Waals surface area (Å²) in [5.74, 6) is 0. The lowest BCUT2D eigenvalue weighted by atomic mass is 10.3. The van der Waals surface area contributed by atoms with E-state index in [4.69, 9.17) is 3.63 Å². The van der Waals surface area contributed by atoms with Gasteiger partial charge in [0.2, 0.25) is 0 Å². The fourth-order valence-electron chi connectivity index (χ4n) is 1.60. The Morgan fingerprint density at radius 3 is 1.48 bits per heavy atom. The maximum Gasteiger partial charge on any atom is 0.189 e. The van der Waals surface area contributed by atoms with Crippen LogP contribution in [0.4, 0.5) is 11.4 Å². The fourth-order valence-corrected chi connectivity index (χ4v) is 2.72. The molecule has 120 valence electrons. The Kier molecular flexibility index (Phi) is 7.51. The number of benzene rings is 2. The number of nitrogens with one attached hydrogen (secondary N) is 2. The van der Waals surface area contributed by atoms with Crippen LogP contribution >= 0.6 is 24.1 Å². The van der Waals surface area contributed by atoms with E-state index in [2.05, 4.69) is 20.6 Å². The Morgan fingerprint density at radius 2 is 1.13 bits per heavy atom. The summed E-state index contributed by atoms with van der Waals surface area (Å²) in [7, 11) is 3.42. The highest BCUT2D eigenvalue weighted by molar-refractivity contribution is 8.22. The quantitative estimate of drug-likeness (QED) is 0.485. The Hall–Kier alpha value is -1.96.